The normalized spacial score (nSPS) is 12.5. The average molecular weight is 244 g/mol. The van der Waals surface area contributed by atoms with Gasteiger partial charge < -0.3 is 14.8 Å². The minimum atomic E-state index is 0.127. The molecule has 1 aromatic rings. The standard InChI is InChI=1S/C12H18ClNO2/c1-4-14-11(8-15-2)10-6-5-9(13)7-12(10)16-3/h5-7,11,14H,4,8H2,1-3H3. The monoisotopic (exact) mass is 243 g/mol. The van der Waals surface area contributed by atoms with Gasteiger partial charge in [-0.05, 0) is 18.7 Å². The number of nitrogens with one attached hydrogen (secondary N) is 1. The number of hydrogen-bond donors (Lipinski definition) is 1. The Morgan fingerprint density at radius 1 is 1.38 bits per heavy atom. The van der Waals surface area contributed by atoms with Crippen molar-refractivity contribution < 1.29 is 9.47 Å². The molecule has 0 aliphatic heterocycles. The highest BCUT2D eigenvalue weighted by Gasteiger charge is 2.15. The van der Waals surface area contributed by atoms with E-state index < -0.39 is 0 Å². The van der Waals surface area contributed by atoms with E-state index >= 15 is 0 Å². The first kappa shape index (κ1) is 13.3. The molecule has 90 valence electrons. The molecule has 0 spiro atoms. The Kier molecular flexibility index (Phi) is 5.60. The maximum Gasteiger partial charge on any atom is 0.125 e. The van der Waals surface area contributed by atoms with Crippen LogP contribution in [0.5, 0.6) is 5.75 Å². The summed E-state index contributed by atoms with van der Waals surface area (Å²) in [7, 11) is 3.33. The van der Waals surface area contributed by atoms with E-state index in [0.717, 1.165) is 17.9 Å². The number of likely N-dealkylation sites (N-methyl/N-ethyl adjacent to an activating group) is 1. The summed E-state index contributed by atoms with van der Waals surface area (Å²) in [6.45, 7) is 3.54. The lowest BCUT2D eigenvalue weighted by Gasteiger charge is -2.20. The third kappa shape index (κ3) is 3.37. The van der Waals surface area contributed by atoms with Gasteiger partial charge in [-0.3, -0.25) is 0 Å². The van der Waals surface area contributed by atoms with Crippen molar-refractivity contribution in [3.63, 3.8) is 0 Å². The van der Waals surface area contributed by atoms with Gasteiger partial charge in [0.25, 0.3) is 0 Å². The quantitative estimate of drug-likeness (QED) is 0.833. The second kappa shape index (κ2) is 6.74. The number of ether oxygens (including phenoxy) is 2. The second-order valence-corrected chi connectivity index (χ2v) is 3.89. The Bertz CT molecular complexity index is 325. The molecule has 3 nitrogen and oxygen atoms in total. The highest BCUT2D eigenvalue weighted by atomic mass is 35.5. The van der Waals surface area contributed by atoms with Gasteiger partial charge in [0.15, 0.2) is 0 Å². The van der Waals surface area contributed by atoms with Gasteiger partial charge in [0.05, 0.1) is 19.8 Å². The van der Waals surface area contributed by atoms with Crippen LogP contribution in [0.4, 0.5) is 0 Å². The molecule has 16 heavy (non-hydrogen) atoms. The third-order valence-electron chi connectivity index (χ3n) is 2.35. The number of hydrogen-bond acceptors (Lipinski definition) is 3. The van der Waals surface area contributed by atoms with E-state index in [1.54, 1.807) is 14.2 Å². The number of halogens is 1. The lowest BCUT2D eigenvalue weighted by atomic mass is 10.1. The smallest absolute Gasteiger partial charge is 0.125 e. The van der Waals surface area contributed by atoms with Crippen LogP contribution in [-0.2, 0) is 4.74 Å². The molecule has 0 bridgehead atoms. The molecule has 0 heterocycles. The molecule has 1 N–H and O–H groups in total. The highest BCUT2D eigenvalue weighted by molar-refractivity contribution is 6.30. The van der Waals surface area contributed by atoms with Gasteiger partial charge in [0.1, 0.15) is 5.75 Å². The van der Waals surface area contributed by atoms with Crippen molar-refractivity contribution in [2.75, 3.05) is 27.4 Å². The van der Waals surface area contributed by atoms with E-state index in [9.17, 15) is 0 Å². The van der Waals surface area contributed by atoms with Gasteiger partial charge in [-0.15, -0.1) is 0 Å². The Labute approximate surface area is 102 Å². The SMILES string of the molecule is CCNC(COC)c1ccc(Cl)cc1OC. The third-order valence-corrected chi connectivity index (χ3v) is 2.59. The molecule has 1 rings (SSSR count). The Balaban J connectivity index is 2.97. The molecular weight excluding hydrogens is 226 g/mol. The molecule has 0 aliphatic rings. The summed E-state index contributed by atoms with van der Waals surface area (Å²) in [5.74, 6) is 0.788. The minimum absolute atomic E-state index is 0.127. The summed E-state index contributed by atoms with van der Waals surface area (Å²) in [4.78, 5) is 0. The van der Waals surface area contributed by atoms with Crippen LogP contribution in [0, 0.1) is 0 Å². The molecule has 0 fully saturated rings. The molecule has 0 aliphatic carbocycles. The van der Waals surface area contributed by atoms with Crippen LogP contribution < -0.4 is 10.1 Å². The average Bonchev–Trinajstić information content (AvgIpc) is 2.28. The number of methoxy groups -OCH3 is 2. The molecule has 4 heteroatoms. The van der Waals surface area contributed by atoms with Crippen molar-refractivity contribution in [3.05, 3.63) is 28.8 Å². The van der Waals surface area contributed by atoms with E-state index in [1.165, 1.54) is 0 Å². The molecule has 1 atom stereocenters. The summed E-state index contributed by atoms with van der Waals surface area (Å²) >= 11 is 5.92. The van der Waals surface area contributed by atoms with E-state index in [4.69, 9.17) is 21.1 Å². The Hall–Kier alpha value is -0.770. The van der Waals surface area contributed by atoms with Crippen molar-refractivity contribution >= 4 is 11.6 Å². The fourth-order valence-electron chi connectivity index (χ4n) is 1.64. The first-order chi connectivity index (χ1) is 7.72. The fourth-order valence-corrected chi connectivity index (χ4v) is 1.81. The first-order valence-electron chi connectivity index (χ1n) is 5.28. The van der Waals surface area contributed by atoms with E-state index in [-0.39, 0.29) is 6.04 Å². The Morgan fingerprint density at radius 2 is 2.12 bits per heavy atom. The summed E-state index contributed by atoms with van der Waals surface area (Å²) in [5, 5.41) is 4.02. The topological polar surface area (TPSA) is 30.5 Å². The fraction of sp³-hybridized carbons (Fsp3) is 0.500. The first-order valence-corrected chi connectivity index (χ1v) is 5.66. The van der Waals surface area contributed by atoms with Gasteiger partial charge in [-0.25, -0.2) is 0 Å². The van der Waals surface area contributed by atoms with E-state index in [1.807, 2.05) is 18.2 Å². The molecule has 0 saturated heterocycles. The zero-order chi connectivity index (χ0) is 12.0. The largest absolute Gasteiger partial charge is 0.496 e. The highest BCUT2D eigenvalue weighted by Crippen LogP contribution is 2.28. The molecule has 1 aromatic carbocycles. The zero-order valence-corrected chi connectivity index (χ0v) is 10.7. The van der Waals surface area contributed by atoms with Crippen LogP contribution in [0.15, 0.2) is 18.2 Å². The molecule has 0 amide bonds. The van der Waals surface area contributed by atoms with Gasteiger partial charge in [-0.1, -0.05) is 24.6 Å². The summed E-state index contributed by atoms with van der Waals surface area (Å²) < 4.78 is 10.5. The lowest BCUT2D eigenvalue weighted by Crippen LogP contribution is -2.25. The van der Waals surface area contributed by atoms with Crippen LogP contribution in [0.2, 0.25) is 5.02 Å². The van der Waals surface area contributed by atoms with Crippen molar-refractivity contribution in [3.8, 4) is 5.75 Å². The van der Waals surface area contributed by atoms with Crippen LogP contribution in [-0.4, -0.2) is 27.4 Å². The van der Waals surface area contributed by atoms with Gasteiger partial charge in [-0.2, -0.15) is 0 Å². The Morgan fingerprint density at radius 3 is 2.69 bits per heavy atom. The molecule has 1 unspecified atom stereocenters. The predicted octanol–water partition coefficient (Wildman–Crippen LogP) is 2.65. The predicted molar refractivity (Wildman–Crippen MR) is 66.3 cm³/mol. The zero-order valence-electron chi connectivity index (χ0n) is 9.92. The van der Waals surface area contributed by atoms with Crippen LogP contribution in [0.25, 0.3) is 0 Å². The van der Waals surface area contributed by atoms with Crippen molar-refractivity contribution in [2.24, 2.45) is 0 Å². The molecule has 0 radical (unpaired) electrons. The molecule has 0 saturated carbocycles. The number of benzene rings is 1. The van der Waals surface area contributed by atoms with E-state index in [0.29, 0.717) is 11.6 Å². The van der Waals surface area contributed by atoms with Crippen LogP contribution in [0.3, 0.4) is 0 Å². The van der Waals surface area contributed by atoms with E-state index in [2.05, 4.69) is 12.2 Å². The van der Waals surface area contributed by atoms with Crippen LogP contribution in [0.1, 0.15) is 18.5 Å². The maximum absolute atomic E-state index is 5.92. The van der Waals surface area contributed by atoms with Crippen molar-refractivity contribution in [1.82, 2.24) is 5.32 Å². The summed E-state index contributed by atoms with van der Waals surface area (Å²) in [6.07, 6.45) is 0. The van der Waals surface area contributed by atoms with Gasteiger partial charge in [0.2, 0.25) is 0 Å². The van der Waals surface area contributed by atoms with Gasteiger partial charge >= 0.3 is 0 Å². The molecular formula is C12H18ClNO2. The second-order valence-electron chi connectivity index (χ2n) is 3.45. The minimum Gasteiger partial charge on any atom is -0.496 e. The summed E-state index contributed by atoms with van der Waals surface area (Å²) in [6, 6.07) is 5.77. The van der Waals surface area contributed by atoms with Crippen molar-refractivity contribution in [1.29, 1.82) is 0 Å². The molecule has 0 aromatic heterocycles. The number of rotatable bonds is 6. The van der Waals surface area contributed by atoms with Crippen LogP contribution >= 0.6 is 11.6 Å². The van der Waals surface area contributed by atoms with Crippen molar-refractivity contribution in [2.45, 2.75) is 13.0 Å². The maximum atomic E-state index is 5.92. The van der Waals surface area contributed by atoms with Gasteiger partial charge in [0, 0.05) is 17.7 Å². The summed E-state index contributed by atoms with van der Waals surface area (Å²) in [5.41, 5.74) is 1.07. The lowest BCUT2D eigenvalue weighted by molar-refractivity contribution is 0.166.